The van der Waals surface area contributed by atoms with E-state index in [-0.39, 0.29) is 66.4 Å². The Morgan fingerprint density at radius 3 is 2.25 bits per heavy atom. The van der Waals surface area contributed by atoms with Crippen molar-refractivity contribution in [3.05, 3.63) is 130 Å². The van der Waals surface area contributed by atoms with Crippen LogP contribution in [-0.2, 0) is 43.9 Å². The average molecular weight is 1290 g/mol. The molecule has 6 aliphatic rings. The molecule has 4 bridgehead atoms. The van der Waals surface area contributed by atoms with Crippen LogP contribution >= 0.6 is 22.7 Å². The minimum absolute atomic E-state index is 0.0333. The number of nitrogens with zero attached hydrogens (tertiary/aromatic N) is 7. The van der Waals surface area contributed by atoms with Gasteiger partial charge in [0.2, 0.25) is 27.7 Å². The fourth-order valence-electron chi connectivity index (χ4n) is 15.4. The molecule has 4 atom stereocenters. The number of likely N-dealkylation sites (tertiary alicyclic amines) is 1. The monoisotopic (exact) mass is 1290 g/mol. The van der Waals surface area contributed by atoms with Crippen LogP contribution in [0.25, 0.3) is 31.8 Å². The number of thiazole rings is 2. The number of fused-ring (bicyclic) bond motifs is 2. The number of rotatable bonds is 22. The Hall–Kier alpha value is -7.40. The number of sulfonamides is 1. The Morgan fingerprint density at radius 2 is 1.54 bits per heavy atom. The van der Waals surface area contributed by atoms with E-state index in [4.69, 9.17) is 10.1 Å². The molecule has 0 unspecified atom stereocenters. The molecular weight excluding hydrogens is 1210 g/mol. The Bertz CT molecular complexity index is 3930. The third kappa shape index (κ3) is 14.2. The quantitative estimate of drug-likeness (QED) is 0.0397. The standard InChI is InChI=1S/C69H83N11O8S3/c1-41(47-20-22-49(23-21-47)61-42(2)70-40-89-61)72-64(84)56-32-50(81)37-79(56)66(86)62(68(4,5)6)75-59(82)19-10-8-7-9-13-28-91(87,88)77-65(85)60-51(53-36-71-80(43(53)3)39-69-33-44-29-45(34-69)31-46(30-44)35-69)24-25-58(74-60)78-27-26-48-15-14-16-52(54(48)38-78)63(83)76-67-73-55-17-11-12-18-57(55)90-67/h11-12,14-18,20-25,36,40-41,44-46,50,56,62,81H,7-10,13,19,26-35,37-39H2,1-6H3,(H,72,84)(H,75,82)(H,77,85)(H,73,76,83)/t41-,44?,45?,46?,50+,56-,62-,69?/m0/s1. The van der Waals surface area contributed by atoms with Crippen LogP contribution in [0.1, 0.15) is 166 Å². The lowest BCUT2D eigenvalue weighted by atomic mass is 9.49. The lowest BCUT2D eigenvalue weighted by Gasteiger charge is -2.56. The summed E-state index contributed by atoms with van der Waals surface area (Å²) in [5, 5.41) is 25.2. The number of pyridine rings is 1. The molecule has 22 heteroatoms. The number of aryl methyl sites for hydroxylation is 1. The third-order valence-corrected chi connectivity index (χ3v) is 22.9. The molecule has 13 rings (SSSR count). The molecule has 19 nitrogen and oxygen atoms in total. The Morgan fingerprint density at radius 1 is 0.813 bits per heavy atom. The molecular formula is C69H83N11O8S3. The first-order valence-electron chi connectivity index (χ1n) is 32.3. The molecule has 0 spiro atoms. The van der Waals surface area contributed by atoms with Gasteiger partial charge in [0.1, 0.15) is 23.6 Å². The van der Waals surface area contributed by atoms with Crippen LogP contribution in [-0.4, -0.2) is 110 Å². The zero-order valence-electron chi connectivity index (χ0n) is 52.8. The van der Waals surface area contributed by atoms with Gasteiger partial charge in [0.25, 0.3) is 11.8 Å². The van der Waals surface area contributed by atoms with Gasteiger partial charge in [-0.15, -0.1) is 11.3 Å². The maximum atomic E-state index is 14.6. The van der Waals surface area contributed by atoms with Gasteiger partial charge < -0.3 is 25.5 Å². The van der Waals surface area contributed by atoms with E-state index in [9.17, 15) is 37.5 Å². The summed E-state index contributed by atoms with van der Waals surface area (Å²) in [4.78, 5) is 88.7. The highest BCUT2D eigenvalue weighted by Gasteiger charge is 2.51. The second-order valence-corrected chi connectivity index (χ2v) is 31.2. The Kier molecular flexibility index (Phi) is 18.4. The number of benzene rings is 3. The Labute approximate surface area is 540 Å². The molecule has 4 aliphatic carbocycles. The number of carbonyl (C=O) groups is 5. The molecule has 4 saturated carbocycles. The van der Waals surface area contributed by atoms with Crippen molar-refractivity contribution in [2.45, 2.75) is 169 Å². The van der Waals surface area contributed by atoms with E-state index in [1.54, 1.807) is 23.6 Å². The number of aromatic nitrogens is 5. The number of hydrogen-bond donors (Lipinski definition) is 5. The molecule has 480 valence electrons. The number of carbonyl (C=O) groups excluding carboxylic acids is 5. The summed E-state index contributed by atoms with van der Waals surface area (Å²) in [5.41, 5.74) is 9.39. The summed E-state index contributed by atoms with van der Waals surface area (Å²) >= 11 is 2.97. The predicted octanol–water partition coefficient (Wildman–Crippen LogP) is 11.1. The zero-order chi connectivity index (χ0) is 63.9. The van der Waals surface area contributed by atoms with E-state index >= 15 is 0 Å². The highest BCUT2D eigenvalue weighted by atomic mass is 32.2. The smallest absolute Gasteiger partial charge is 0.284 e. The first-order chi connectivity index (χ1) is 43.6. The number of anilines is 2. The lowest BCUT2D eigenvalue weighted by Crippen LogP contribution is -2.57. The summed E-state index contributed by atoms with van der Waals surface area (Å²) in [6, 6.07) is 22.8. The van der Waals surface area contributed by atoms with E-state index < -0.39 is 45.4 Å². The fraction of sp³-hybridized carbons (Fsp3) is 0.493. The molecule has 5 amide bonds. The summed E-state index contributed by atoms with van der Waals surface area (Å²) in [6.45, 7) is 13.0. The van der Waals surface area contributed by atoms with Crippen molar-refractivity contribution in [2.75, 3.05) is 29.1 Å². The number of aliphatic hydroxyl groups is 1. The van der Waals surface area contributed by atoms with Crippen molar-refractivity contribution < 1.29 is 37.5 Å². The van der Waals surface area contributed by atoms with E-state index in [0.717, 1.165) is 73.0 Å². The van der Waals surface area contributed by atoms with Crippen molar-refractivity contribution in [3.8, 4) is 21.6 Å². The molecule has 7 aromatic rings. The van der Waals surface area contributed by atoms with Crippen molar-refractivity contribution in [1.29, 1.82) is 0 Å². The first-order valence-corrected chi connectivity index (χ1v) is 35.6. The van der Waals surface area contributed by atoms with Gasteiger partial charge in [-0.1, -0.05) is 99.9 Å². The van der Waals surface area contributed by atoms with Gasteiger partial charge in [-0.2, -0.15) is 5.10 Å². The second kappa shape index (κ2) is 26.3. The van der Waals surface area contributed by atoms with Crippen molar-refractivity contribution >= 4 is 83.4 Å². The summed E-state index contributed by atoms with van der Waals surface area (Å²) in [7, 11) is -4.15. The molecule has 91 heavy (non-hydrogen) atoms. The lowest BCUT2D eigenvalue weighted by molar-refractivity contribution is -0.144. The van der Waals surface area contributed by atoms with Crippen molar-refractivity contribution in [1.82, 2.24) is 45.0 Å². The number of nitrogens with one attached hydrogen (secondary N) is 4. The maximum absolute atomic E-state index is 14.6. The third-order valence-electron chi connectivity index (χ3n) is 19.6. The van der Waals surface area contributed by atoms with Gasteiger partial charge in [-0.05, 0) is 160 Å². The van der Waals surface area contributed by atoms with Crippen molar-refractivity contribution in [2.24, 2.45) is 28.6 Å². The van der Waals surface area contributed by atoms with E-state index in [2.05, 4.69) is 35.3 Å². The van der Waals surface area contributed by atoms with Crippen LogP contribution in [0.15, 0.2) is 90.6 Å². The fourth-order valence-corrected chi connectivity index (χ4v) is 18.1. The minimum Gasteiger partial charge on any atom is -0.391 e. The molecule has 6 heterocycles. The number of amides is 5. The Balaban J connectivity index is 0.663. The van der Waals surface area contributed by atoms with Crippen LogP contribution in [0.3, 0.4) is 0 Å². The van der Waals surface area contributed by atoms with Gasteiger partial charge in [0.15, 0.2) is 5.13 Å². The number of β-amino-alcohol motifs (C(OH)–C–C–N with tert-alkyl or cyclic N) is 1. The average Bonchev–Trinajstić information content (AvgIpc) is 1.71. The largest absolute Gasteiger partial charge is 0.391 e. The van der Waals surface area contributed by atoms with Crippen molar-refractivity contribution in [3.63, 3.8) is 0 Å². The summed E-state index contributed by atoms with van der Waals surface area (Å²) in [6.07, 6.45) is 11.8. The van der Waals surface area contributed by atoms with E-state index in [1.165, 1.54) is 54.8 Å². The van der Waals surface area contributed by atoms with Crippen LogP contribution in [0, 0.1) is 42.4 Å². The number of aliphatic hydroxyl groups excluding tert-OH is 1. The maximum Gasteiger partial charge on any atom is 0.284 e. The van der Waals surface area contributed by atoms with Crippen LogP contribution in [0.5, 0.6) is 0 Å². The van der Waals surface area contributed by atoms with Gasteiger partial charge in [-0.25, -0.2) is 28.1 Å². The minimum atomic E-state index is -4.15. The van der Waals surface area contributed by atoms with Gasteiger partial charge in [0.05, 0.1) is 50.4 Å². The van der Waals surface area contributed by atoms with E-state index in [0.29, 0.717) is 72.8 Å². The zero-order valence-corrected chi connectivity index (χ0v) is 55.2. The highest BCUT2D eigenvalue weighted by molar-refractivity contribution is 7.90. The summed E-state index contributed by atoms with van der Waals surface area (Å²) < 4.78 is 33.2. The molecule has 0 radical (unpaired) electrons. The SMILES string of the molecule is Cc1ncsc1-c1ccc([C@H](C)NC(=O)[C@@H]2C[C@@H](O)CN2C(=O)[C@H](NC(=O)CCCCCCCS(=O)(=O)NC(=O)c2nc(N3CCc4cccc(C(=O)Nc5nc6ccccc6s5)c4C3)ccc2-c2cnn(CC34CC5CC(CC(C5)C3)C4)c2C)C(C)(C)C)cc1. The van der Waals surface area contributed by atoms with Gasteiger partial charge in [-0.3, -0.25) is 34.0 Å². The molecule has 3 aromatic carbocycles. The molecule has 5 fully saturated rings. The van der Waals surface area contributed by atoms with Gasteiger partial charge in [0, 0.05) is 61.4 Å². The van der Waals surface area contributed by atoms with Crippen LogP contribution in [0.2, 0.25) is 0 Å². The normalized spacial score (nSPS) is 21.8. The van der Waals surface area contributed by atoms with Crippen LogP contribution in [0.4, 0.5) is 10.9 Å². The highest BCUT2D eigenvalue weighted by Crippen LogP contribution is 2.60. The number of hydrogen-bond acceptors (Lipinski definition) is 15. The molecule has 2 aliphatic heterocycles. The molecule has 1 saturated heterocycles. The number of para-hydroxylation sites is 1. The first kappa shape index (κ1) is 63.7. The van der Waals surface area contributed by atoms with E-state index in [1.807, 2.05) is 125 Å². The molecule has 4 aromatic heterocycles. The number of unbranched alkanes of at least 4 members (excludes halogenated alkanes) is 4. The van der Waals surface area contributed by atoms with Gasteiger partial charge >= 0.3 is 0 Å². The second-order valence-electron chi connectivity index (χ2n) is 27.5. The predicted molar refractivity (Wildman–Crippen MR) is 355 cm³/mol. The topological polar surface area (TPSA) is 251 Å². The molecule has 5 N–H and O–H groups in total. The summed E-state index contributed by atoms with van der Waals surface area (Å²) in [5.74, 6) is 0.209. The van der Waals surface area contributed by atoms with Crippen LogP contribution < -0.4 is 25.6 Å².